The quantitative estimate of drug-likeness (QED) is 0.525. The van der Waals surface area contributed by atoms with Crippen LogP contribution in [-0.4, -0.2) is 54.3 Å². The Morgan fingerprint density at radius 3 is 2.67 bits per heavy atom. The Hall–Kier alpha value is -0.730. The summed E-state index contributed by atoms with van der Waals surface area (Å²) in [5.74, 6) is -2.82. The number of fused-ring (bicyclic) bond motifs is 3. The van der Waals surface area contributed by atoms with Crippen LogP contribution in [0.25, 0.3) is 0 Å². The van der Waals surface area contributed by atoms with Gasteiger partial charge < -0.3 is 31.3 Å². The number of hydrogen-bond donors (Lipinski definition) is 1. The summed E-state index contributed by atoms with van der Waals surface area (Å²) in [5.41, 5.74) is 0.566. The lowest BCUT2D eigenvalue weighted by Crippen LogP contribution is -3.00. The molecule has 4 fully saturated rings. The molecule has 4 nitrogen and oxygen atoms in total. The molecule has 2 atom stereocenters. The fourth-order valence-electron chi connectivity index (χ4n) is 4.86. The van der Waals surface area contributed by atoms with E-state index in [0.717, 1.165) is 37.0 Å². The molecule has 4 heterocycles. The summed E-state index contributed by atoms with van der Waals surface area (Å²) in [5, 5.41) is 12.1. The molecule has 4 aliphatic rings. The number of piperidine rings is 3. The highest BCUT2D eigenvalue weighted by Crippen LogP contribution is 2.48. The number of aromatic hydroxyl groups is 1. The van der Waals surface area contributed by atoms with Gasteiger partial charge in [-0.2, -0.15) is 0 Å². The molecule has 27 heavy (non-hydrogen) atoms. The number of hydrogen-bond acceptors (Lipinski definition) is 4. The number of rotatable bonds is 4. The Balaban J connectivity index is 0.00000210. The van der Waals surface area contributed by atoms with E-state index in [1.807, 2.05) is 0 Å². The van der Waals surface area contributed by atoms with E-state index in [1.165, 1.54) is 11.3 Å². The van der Waals surface area contributed by atoms with Crippen LogP contribution in [0.5, 0.6) is 5.75 Å². The predicted octanol–water partition coefficient (Wildman–Crippen LogP) is 0.685. The van der Waals surface area contributed by atoms with E-state index >= 15 is 0 Å². The highest BCUT2D eigenvalue weighted by atomic mass is 79.9. The molecule has 1 aromatic heterocycles. The van der Waals surface area contributed by atoms with Gasteiger partial charge in [0.25, 0.3) is 0 Å². The van der Waals surface area contributed by atoms with Crippen molar-refractivity contribution in [2.75, 3.05) is 26.7 Å². The zero-order valence-electron chi connectivity index (χ0n) is 15.4. The Bertz CT molecular complexity index is 703. The minimum absolute atomic E-state index is 0. The number of carbonyl (C=O) groups is 1. The van der Waals surface area contributed by atoms with E-state index in [-0.39, 0.29) is 60.0 Å². The molecule has 3 saturated heterocycles. The van der Waals surface area contributed by atoms with Gasteiger partial charge in [-0.15, -0.1) is 11.3 Å². The summed E-state index contributed by atoms with van der Waals surface area (Å²) >= 11 is 1.27. The summed E-state index contributed by atoms with van der Waals surface area (Å²) in [4.78, 5) is 12.9. The Labute approximate surface area is 172 Å². The zero-order chi connectivity index (χ0) is 18.5. The minimum atomic E-state index is -2.65. The van der Waals surface area contributed by atoms with Gasteiger partial charge in [0.1, 0.15) is 12.3 Å². The first-order chi connectivity index (χ1) is 12.2. The van der Waals surface area contributed by atoms with Crippen molar-refractivity contribution in [1.82, 2.24) is 0 Å². The zero-order valence-corrected chi connectivity index (χ0v) is 17.8. The summed E-state index contributed by atoms with van der Waals surface area (Å²) < 4.78 is 33.6. The fourth-order valence-corrected chi connectivity index (χ4v) is 5.87. The number of thiophene rings is 1. The second-order valence-corrected chi connectivity index (χ2v) is 9.51. The molecule has 1 N–H and O–H groups in total. The van der Waals surface area contributed by atoms with Gasteiger partial charge in [-0.25, -0.2) is 8.78 Å². The third kappa shape index (κ3) is 4.32. The highest BCUT2D eigenvalue weighted by molar-refractivity contribution is 7.10. The normalized spacial score (nSPS) is 34.3. The molecule has 1 unspecified atom stereocenters. The van der Waals surface area contributed by atoms with E-state index < -0.39 is 5.92 Å². The minimum Gasteiger partial charge on any atom is -1.00 e. The van der Waals surface area contributed by atoms with Crippen molar-refractivity contribution in [2.45, 2.75) is 56.5 Å². The standard InChI is InChI=1S/C19H25F2NO3S.BrH/c1-22-6-3-12(4-7-22)15(10-22)25-17(23)8-16-18(24)14(11-26-16)13-2-5-19(20,21)9-13;/h11-13,15H,2-10H2,1H3;1H/t12?,13?,15-,22?;/m0./s1. The van der Waals surface area contributed by atoms with Crippen molar-refractivity contribution < 1.29 is 44.9 Å². The second-order valence-electron chi connectivity index (χ2n) is 8.55. The van der Waals surface area contributed by atoms with Gasteiger partial charge in [0, 0.05) is 37.2 Å². The molecule has 1 aromatic rings. The molecule has 0 aromatic carbocycles. The molecule has 8 heteroatoms. The topological polar surface area (TPSA) is 46.5 Å². The maximum atomic E-state index is 13.4. The monoisotopic (exact) mass is 465 g/mol. The average Bonchev–Trinajstić information content (AvgIpc) is 3.10. The van der Waals surface area contributed by atoms with Crippen molar-refractivity contribution in [1.29, 1.82) is 0 Å². The van der Waals surface area contributed by atoms with E-state index in [9.17, 15) is 18.7 Å². The number of alkyl halides is 2. The smallest absolute Gasteiger partial charge is 0.311 e. The average molecular weight is 466 g/mol. The van der Waals surface area contributed by atoms with Gasteiger partial charge in [0.05, 0.1) is 31.4 Å². The molecule has 0 amide bonds. The molecule has 0 radical (unpaired) electrons. The number of quaternary nitrogens is 1. The van der Waals surface area contributed by atoms with E-state index in [2.05, 4.69) is 7.05 Å². The van der Waals surface area contributed by atoms with E-state index in [0.29, 0.717) is 22.8 Å². The van der Waals surface area contributed by atoms with Gasteiger partial charge in [-0.1, -0.05) is 0 Å². The molecule has 1 aliphatic carbocycles. The third-order valence-electron chi connectivity index (χ3n) is 6.52. The van der Waals surface area contributed by atoms with Crippen LogP contribution in [0.3, 0.4) is 0 Å². The molecule has 152 valence electrons. The van der Waals surface area contributed by atoms with Crippen LogP contribution < -0.4 is 17.0 Å². The lowest BCUT2D eigenvalue weighted by atomic mass is 9.84. The van der Waals surface area contributed by atoms with Gasteiger partial charge in [0.15, 0.2) is 6.10 Å². The summed E-state index contributed by atoms with van der Waals surface area (Å²) in [7, 11) is 2.21. The number of carbonyl (C=O) groups excluding carboxylic acids is 1. The first-order valence-electron chi connectivity index (χ1n) is 9.45. The maximum Gasteiger partial charge on any atom is 0.311 e. The van der Waals surface area contributed by atoms with Crippen molar-refractivity contribution >= 4 is 17.3 Å². The van der Waals surface area contributed by atoms with Crippen LogP contribution in [-0.2, 0) is 16.0 Å². The molecule has 2 bridgehead atoms. The Morgan fingerprint density at radius 2 is 2.07 bits per heavy atom. The summed E-state index contributed by atoms with van der Waals surface area (Å²) in [6.07, 6.45) is 2.20. The number of esters is 1. The van der Waals surface area contributed by atoms with Crippen LogP contribution in [0.15, 0.2) is 5.38 Å². The second kappa shape index (κ2) is 7.59. The largest absolute Gasteiger partial charge is 1.00 e. The van der Waals surface area contributed by atoms with Crippen molar-refractivity contribution in [3.8, 4) is 5.75 Å². The lowest BCUT2D eigenvalue weighted by molar-refractivity contribution is -0.928. The van der Waals surface area contributed by atoms with Gasteiger partial charge in [0.2, 0.25) is 5.92 Å². The van der Waals surface area contributed by atoms with Crippen molar-refractivity contribution in [3.63, 3.8) is 0 Å². The molecule has 3 aliphatic heterocycles. The van der Waals surface area contributed by atoms with Crippen LogP contribution in [0.2, 0.25) is 0 Å². The van der Waals surface area contributed by atoms with Gasteiger partial charge in [-0.05, 0) is 17.7 Å². The number of likely N-dealkylation sites (N-methyl/N-ethyl adjacent to an activating group) is 1. The van der Waals surface area contributed by atoms with Gasteiger partial charge in [-0.3, -0.25) is 4.79 Å². The number of ether oxygens (including phenoxy) is 1. The molecular weight excluding hydrogens is 440 g/mol. The maximum absolute atomic E-state index is 13.4. The van der Waals surface area contributed by atoms with E-state index in [4.69, 9.17) is 4.74 Å². The number of halogens is 3. The van der Waals surface area contributed by atoms with Crippen LogP contribution in [0.4, 0.5) is 8.78 Å². The third-order valence-corrected chi connectivity index (χ3v) is 7.52. The summed E-state index contributed by atoms with van der Waals surface area (Å²) in [6.45, 7) is 3.18. The van der Waals surface area contributed by atoms with Gasteiger partial charge >= 0.3 is 5.97 Å². The summed E-state index contributed by atoms with van der Waals surface area (Å²) in [6, 6.07) is 0. The molecule has 1 saturated carbocycles. The first kappa shape index (κ1) is 21.0. The van der Waals surface area contributed by atoms with Crippen molar-refractivity contribution in [2.24, 2.45) is 5.92 Å². The van der Waals surface area contributed by atoms with E-state index in [1.54, 1.807) is 5.38 Å². The number of nitrogens with zero attached hydrogens (tertiary/aromatic N) is 1. The predicted molar refractivity (Wildman–Crippen MR) is 94.6 cm³/mol. The Kier molecular flexibility index (Phi) is 5.90. The van der Waals surface area contributed by atoms with Crippen LogP contribution >= 0.6 is 11.3 Å². The lowest BCUT2D eigenvalue weighted by Gasteiger charge is -2.49. The SMILES string of the molecule is C[N+]12CCC(CC1)[C@@H](OC(=O)Cc1scc(C3CCC(F)(F)C3)c1O)C2.[Br-]. The molecular formula is C19H26BrF2NO3S. The highest BCUT2D eigenvalue weighted by Gasteiger charge is 2.45. The molecule has 0 spiro atoms. The molecule has 5 rings (SSSR count). The van der Waals surface area contributed by atoms with Crippen LogP contribution in [0.1, 0.15) is 48.5 Å². The first-order valence-corrected chi connectivity index (χ1v) is 10.3. The van der Waals surface area contributed by atoms with Crippen LogP contribution in [0, 0.1) is 5.92 Å². The Morgan fingerprint density at radius 1 is 1.37 bits per heavy atom. The fraction of sp³-hybridized carbons (Fsp3) is 0.737. The van der Waals surface area contributed by atoms with Crippen molar-refractivity contribution in [3.05, 3.63) is 15.8 Å².